The summed E-state index contributed by atoms with van der Waals surface area (Å²) in [7, 11) is 0. The van der Waals surface area contributed by atoms with E-state index in [0.29, 0.717) is 17.3 Å². The lowest BCUT2D eigenvalue weighted by Crippen LogP contribution is -1.98. The highest BCUT2D eigenvalue weighted by atomic mass is 35.5. The fourth-order valence-corrected chi connectivity index (χ4v) is 1.44. The molecular formula is C10H13ClN2O2. The van der Waals surface area contributed by atoms with Crippen LogP contribution in [0.3, 0.4) is 0 Å². The highest BCUT2D eigenvalue weighted by Crippen LogP contribution is 2.17. The number of hydrogen-bond acceptors (Lipinski definition) is 3. The zero-order valence-corrected chi connectivity index (χ0v) is 9.00. The average molecular weight is 229 g/mol. The van der Waals surface area contributed by atoms with Gasteiger partial charge in [-0.25, -0.2) is 4.98 Å². The molecule has 15 heavy (non-hydrogen) atoms. The van der Waals surface area contributed by atoms with Gasteiger partial charge in [-0.2, -0.15) is 0 Å². The molecule has 0 saturated carbocycles. The van der Waals surface area contributed by atoms with Crippen LogP contribution in [0.4, 0.5) is 5.69 Å². The summed E-state index contributed by atoms with van der Waals surface area (Å²) in [6.45, 7) is 0. The van der Waals surface area contributed by atoms with E-state index in [-0.39, 0.29) is 6.42 Å². The van der Waals surface area contributed by atoms with E-state index in [0.717, 1.165) is 18.4 Å². The molecule has 1 rings (SSSR count). The maximum absolute atomic E-state index is 10.3. The predicted octanol–water partition coefficient (Wildman–Crippen LogP) is 2.11. The molecule has 0 bridgehead atoms. The normalized spacial score (nSPS) is 10.2. The number of nitrogens with zero attached hydrogens (tertiary/aromatic N) is 1. The molecule has 0 aliphatic carbocycles. The van der Waals surface area contributed by atoms with Crippen LogP contribution in [0.1, 0.15) is 24.8 Å². The summed E-state index contributed by atoms with van der Waals surface area (Å²) < 4.78 is 0. The molecule has 0 atom stereocenters. The number of anilines is 1. The molecule has 5 heteroatoms. The van der Waals surface area contributed by atoms with Crippen molar-refractivity contribution in [3.63, 3.8) is 0 Å². The molecule has 1 aromatic rings. The van der Waals surface area contributed by atoms with E-state index < -0.39 is 5.97 Å². The molecule has 0 aliphatic heterocycles. The van der Waals surface area contributed by atoms with Crippen molar-refractivity contribution >= 4 is 23.3 Å². The molecule has 4 nitrogen and oxygen atoms in total. The van der Waals surface area contributed by atoms with E-state index in [4.69, 9.17) is 22.4 Å². The van der Waals surface area contributed by atoms with Crippen molar-refractivity contribution in [2.45, 2.75) is 25.7 Å². The Morgan fingerprint density at radius 2 is 2.27 bits per heavy atom. The molecule has 82 valence electrons. The fraction of sp³-hybridized carbons (Fsp3) is 0.400. The van der Waals surface area contributed by atoms with Gasteiger partial charge < -0.3 is 10.8 Å². The minimum absolute atomic E-state index is 0.195. The minimum atomic E-state index is -0.766. The number of nitrogens with two attached hydrogens (primary N) is 1. The largest absolute Gasteiger partial charge is 0.481 e. The molecule has 0 fully saturated rings. The Bertz CT molecular complexity index is 355. The molecule has 3 N–H and O–H groups in total. The van der Waals surface area contributed by atoms with E-state index in [1.165, 1.54) is 0 Å². The van der Waals surface area contributed by atoms with E-state index >= 15 is 0 Å². The Morgan fingerprint density at radius 3 is 2.87 bits per heavy atom. The van der Waals surface area contributed by atoms with Gasteiger partial charge in [0.1, 0.15) is 5.15 Å². The van der Waals surface area contributed by atoms with E-state index in [9.17, 15) is 4.79 Å². The fourth-order valence-electron chi connectivity index (χ4n) is 1.27. The maximum Gasteiger partial charge on any atom is 0.303 e. The molecular weight excluding hydrogens is 216 g/mol. The number of nitrogen functional groups attached to an aromatic ring is 1. The number of pyridine rings is 1. The van der Waals surface area contributed by atoms with Crippen LogP contribution in [-0.2, 0) is 11.2 Å². The number of carboxylic acids is 1. The molecule has 0 amide bonds. The van der Waals surface area contributed by atoms with Gasteiger partial charge in [-0.15, -0.1) is 0 Å². The van der Waals surface area contributed by atoms with Gasteiger partial charge in [-0.1, -0.05) is 11.6 Å². The van der Waals surface area contributed by atoms with Gasteiger partial charge in [0.05, 0.1) is 0 Å². The van der Waals surface area contributed by atoms with Gasteiger partial charge in [0.25, 0.3) is 0 Å². The van der Waals surface area contributed by atoms with E-state index in [1.807, 2.05) is 0 Å². The summed E-state index contributed by atoms with van der Waals surface area (Å²) in [5.74, 6) is -0.766. The summed E-state index contributed by atoms with van der Waals surface area (Å²) in [6.07, 6.45) is 4.01. The highest BCUT2D eigenvalue weighted by Gasteiger charge is 2.02. The number of hydrogen-bond donors (Lipinski definition) is 2. The van der Waals surface area contributed by atoms with Crippen molar-refractivity contribution in [3.05, 3.63) is 23.0 Å². The van der Waals surface area contributed by atoms with E-state index in [1.54, 1.807) is 12.3 Å². The van der Waals surface area contributed by atoms with Crippen molar-refractivity contribution < 1.29 is 9.90 Å². The molecule has 0 unspecified atom stereocenters. The number of unbranched alkanes of at least 4 members (excludes halogenated alkanes) is 1. The zero-order chi connectivity index (χ0) is 11.3. The first-order chi connectivity index (χ1) is 7.09. The van der Waals surface area contributed by atoms with Crippen LogP contribution in [-0.4, -0.2) is 16.1 Å². The third-order valence-electron chi connectivity index (χ3n) is 2.08. The maximum atomic E-state index is 10.3. The summed E-state index contributed by atoms with van der Waals surface area (Å²) >= 11 is 5.65. The first-order valence-corrected chi connectivity index (χ1v) is 5.09. The minimum Gasteiger partial charge on any atom is -0.481 e. The van der Waals surface area contributed by atoms with Crippen LogP contribution in [0.15, 0.2) is 12.3 Å². The number of aromatic nitrogens is 1. The molecule has 0 spiro atoms. The van der Waals surface area contributed by atoms with Crippen LogP contribution in [0.2, 0.25) is 5.15 Å². The first-order valence-electron chi connectivity index (χ1n) is 4.71. The lowest BCUT2D eigenvalue weighted by atomic mass is 10.1. The van der Waals surface area contributed by atoms with Crippen molar-refractivity contribution in [1.82, 2.24) is 4.98 Å². The van der Waals surface area contributed by atoms with Gasteiger partial charge in [0.2, 0.25) is 0 Å². The third-order valence-corrected chi connectivity index (χ3v) is 2.28. The highest BCUT2D eigenvalue weighted by molar-refractivity contribution is 6.29. The SMILES string of the molecule is Nc1cc(Cl)ncc1CCCCC(=O)O. The number of aryl methyl sites for hydroxylation is 1. The number of aliphatic carboxylic acids is 1. The van der Waals surface area contributed by atoms with Gasteiger partial charge in [-0.05, 0) is 30.9 Å². The third kappa shape index (κ3) is 4.16. The second-order valence-corrected chi connectivity index (χ2v) is 3.69. The Hall–Kier alpha value is -1.29. The molecule has 0 aromatic carbocycles. The number of halogens is 1. The monoisotopic (exact) mass is 228 g/mol. The van der Waals surface area contributed by atoms with Crippen LogP contribution in [0, 0.1) is 0 Å². The standard InChI is InChI=1S/C10H13ClN2O2/c11-9-5-8(12)7(6-13-9)3-1-2-4-10(14)15/h5-6H,1-4H2,(H2,12,13)(H,14,15). The smallest absolute Gasteiger partial charge is 0.303 e. The molecule has 0 aliphatic rings. The molecule has 1 heterocycles. The number of rotatable bonds is 5. The Balaban J connectivity index is 2.40. The lowest BCUT2D eigenvalue weighted by Gasteiger charge is -2.04. The summed E-state index contributed by atoms with van der Waals surface area (Å²) in [5, 5.41) is 8.82. The molecule has 0 radical (unpaired) electrons. The van der Waals surface area contributed by atoms with Crippen molar-refractivity contribution in [2.24, 2.45) is 0 Å². The Morgan fingerprint density at radius 1 is 1.53 bits per heavy atom. The quantitative estimate of drug-likeness (QED) is 0.598. The van der Waals surface area contributed by atoms with Crippen molar-refractivity contribution in [3.8, 4) is 0 Å². The number of carboxylic acid groups (broad SMARTS) is 1. The van der Waals surface area contributed by atoms with Gasteiger partial charge in [0.15, 0.2) is 0 Å². The zero-order valence-electron chi connectivity index (χ0n) is 8.24. The summed E-state index contributed by atoms with van der Waals surface area (Å²) in [5.41, 5.74) is 7.26. The lowest BCUT2D eigenvalue weighted by molar-refractivity contribution is -0.137. The average Bonchev–Trinajstić information content (AvgIpc) is 2.14. The molecule has 1 aromatic heterocycles. The van der Waals surface area contributed by atoms with Crippen LogP contribution in [0.5, 0.6) is 0 Å². The van der Waals surface area contributed by atoms with Crippen molar-refractivity contribution in [1.29, 1.82) is 0 Å². The summed E-state index contributed by atoms with van der Waals surface area (Å²) in [6, 6.07) is 1.61. The number of carbonyl (C=O) groups is 1. The second-order valence-electron chi connectivity index (χ2n) is 3.31. The van der Waals surface area contributed by atoms with Gasteiger partial charge in [0, 0.05) is 18.3 Å². The topological polar surface area (TPSA) is 76.2 Å². The molecule has 0 saturated heterocycles. The van der Waals surface area contributed by atoms with E-state index in [2.05, 4.69) is 4.98 Å². The van der Waals surface area contributed by atoms with Crippen LogP contribution in [0.25, 0.3) is 0 Å². The predicted molar refractivity (Wildman–Crippen MR) is 58.9 cm³/mol. The Labute approximate surface area is 93.1 Å². The first kappa shape index (κ1) is 11.8. The van der Waals surface area contributed by atoms with Gasteiger partial charge in [-0.3, -0.25) is 4.79 Å². The van der Waals surface area contributed by atoms with Crippen LogP contribution < -0.4 is 5.73 Å². The summed E-state index contributed by atoms with van der Waals surface area (Å²) in [4.78, 5) is 14.2. The van der Waals surface area contributed by atoms with Gasteiger partial charge >= 0.3 is 5.97 Å². The van der Waals surface area contributed by atoms with Crippen LogP contribution >= 0.6 is 11.6 Å². The van der Waals surface area contributed by atoms with Crippen molar-refractivity contribution in [2.75, 3.05) is 5.73 Å². The Kier molecular flexibility index (Phi) is 4.37. The second kappa shape index (κ2) is 5.56.